The first-order chi connectivity index (χ1) is 9.19. The zero-order valence-corrected chi connectivity index (χ0v) is 11.4. The molecule has 19 heavy (non-hydrogen) atoms. The second-order valence-corrected chi connectivity index (χ2v) is 5.18. The van der Waals surface area contributed by atoms with Crippen LogP contribution in [0.25, 0.3) is 0 Å². The molecule has 1 atom stereocenters. The Hall–Kier alpha value is -1.55. The second-order valence-electron chi connectivity index (χ2n) is 5.18. The predicted molar refractivity (Wildman–Crippen MR) is 76.2 cm³/mol. The first-order valence-electron chi connectivity index (χ1n) is 6.96. The van der Waals surface area contributed by atoms with Crippen molar-refractivity contribution in [2.75, 3.05) is 11.9 Å². The van der Waals surface area contributed by atoms with Gasteiger partial charge in [-0.05, 0) is 37.8 Å². The summed E-state index contributed by atoms with van der Waals surface area (Å²) in [5.74, 6) is 0.588. The Kier molecular flexibility index (Phi) is 4.80. The highest BCUT2D eigenvalue weighted by molar-refractivity contribution is 5.92. The van der Waals surface area contributed by atoms with Crippen LogP contribution in [0, 0.1) is 5.92 Å². The van der Waals surface area contributed by atoms with Gasteiger partial charge in [-0.3, -0.25) is 4.79 Å². The number of hydrogen-bond donors (Lipinski definition) is 2. The fraction of sp³-hybridized carbons (Fsp3) is 0.533. The molecule has 1 aliphatic rings. The fourth-order valence-corrected chi connectivity index (χ4v) is 2.22. The molecule has 1 aromatic rings. The van der Waals surface area contributed by atoms with Gasteiger partial charge >= 0.3 is 0 Å². The van der Waals surface area contributed by atoms with Crippen LogP contribution in [0.3, 0.4) is 0 Å². The van der Waals surface area contributed by atoms with Gasteiger partial charge in [0.1, 0.15) is 5.75 Å². The van der Waals surface area contributed by atoms with E-state index < -0.39 is 0 Å². The number of rotatable bonds is 5. The van der Waals surface area contributed by atoms with Gasteiger partial charge in [0.25, 0.3) is 0 Å². The third-order valence-corrected chi connectivity index (χ3v) is 3.51. The summed E-state index contributed by atoms with van der Waals surface area (Å²) in [7, 11) is 0. The molecular formula is C15H22N2O2. The molecule has 1 amide bonds. The SMILES string of the molecule is CC(CN)C(=O)Nc1cccc(OC2CCCC2)c1. The summed E-state index contributed by atoms with van der Waals surface area (Å²) in [6.07, 6.45) is 5.07. The minimum Gasteiger partial charge on any atom is -0.490 e. The van der Waals surface area contributed by atoms with Crippen LogP contribution in [-0.2, 0) is 4.79 Å². The minimum atomic E-state index is -0.181. The molecule has 0 heterocycles. The number of anilines is 1. The minimum absolute atomic E-state index is 0.0551. The van der Waals surface area contributed by atoms with Crippen LogP contribution in [-0.4, -0.2) is 18.6 Å². The molecule has 104 valence electrons. The molecule has 2 rings (SSSR count). The largest absolute Gasteiger partial charge is 0.490 e. The number of nitrogens with two attached hydrogens (primary N) is 1. The topological polar surface area (TPSA) is 64.4 Å². The lowest BCUT2D eigenvalue weighted by atomic mass is 10.1. The summed E-state index contributed by atoms with van der Waals surface area (Å²) >= 11 is 0. The van der Waals surface area contributed by atoms with Gasteiger partial charge < -0.3 is 15.8 Å². The summed E-state index contributed by atoms with van der Waals surface area (Å²) in [4.78, 5) is 11.8. The third-order valence-electron chi connectivity index (χ3n) is 3.51. The first-order valence-corrected chi connectivity index (χ1v) is 6.96. The summed E-state index contributed by atoms with van der Waals surface area (Å²) in [6.45, 7) is 2.16. The Morgan fingerprint density at radius 3 is 2.89 bits per heavy atom. The van der Waals surface area contributed by atoms with E-state index in [1.165, 1.54) is 12.8 Å². The van der Waals surface area contributed by atoms with Gasteiger partial charge in [-0.2, -0.15) is 0 Å². The second kappa shape index (κ2) is 6.57. The smallest absolute Gasteiger partial charge is 0.228 e. The van der Waals surface area contributed by atoms with Crippen molar-refractivity contribution in [3.63, 3.8) is 0 Å². The lowest BCUT2D eigenvalue weighted by Crippen LogP contribution is -2.26. The maximum Gasteiger partial charge on any atom is 0.228 e. The van der Waals surface area contributed by atoms with Crippen LogP contribution in [0.1, 0.15) is 32.6 Å². The standard InChI is InChI=1S/C15H22N2O2/c1-11(10-16)15(18)17-12-5-4-8-14(9-12)19-13-6-2-3-7-13/h4-5,8-9,11,13H,2-3,6-7,10,16H2,1H3,(H,17,18). The van der Waals surface area contributed by atoms with E-state index in [9.17, 15) is 4.79 Å². The Labute approximate surface area is 114 Å². The molecule has 4 nitrogen and oxygen atoms in total. The van der Waals surface area contributed by atoms with E-state index in [-0.39, 0.29) is 11.8 Å². The Morgan fingerprint density at radius 2 is 2.21 bits per heavy atom. The van der Waals surface area contributed by atoms with Crippen LogP contribution in [0.2, 0.25) is 0 Å². The molecule has 0 saturated heterocycles. The van der Waals surface area contributed by atoms with Crippen LogP contribution < -0.4 is 15.8 Å². The molecule has 0 radical (unpaired) electrons. The van der Waals surface area contributed by atoms with Gasteiger partial charge in [0, 0.05) is 24.2 Å². The molecule has 1 fully saturated rings. The molecule has 4 heteroatoms. The van der Waals surface area contributed by atoms with Gasteiger partial charge in [-0.25, -0.2) is 0 Å². The molecular weight excluding hydrogens is 240 g/mol. The first kappa shape index (κ1) is 13.9. The van der Waals surface area contributed by atoms with Crippen LogP contribution in [0.4, 0.5) is 5.69 Å². The number of ether oxygens (including phenoxy) is 1. The Balaban J connectivity index is 1.96. The van der Waals surface area contributed by atoms with Crippen molar-refractivity contribution >= 4 is 11.6 Å². The highest BCUT2D eigenvalue weighted by Gasteiger charge is 2.17. The molecule has 3 N–H and O–H groups in total. The van der Waals surface area contributed by atoms with E-state index in [0.717, 1.165) is 24.3 Å². The van der Waals surface area contributed by atoms with Crippen molar-refractivity contribution in [2.45, 2.75) is 38.7 Å². The number of hydrogen-bond acceptors (Lipinski definition) is 3. The quantitative estimate of drug-likeness (QED) is 0.857. The lowest BCUT2D eigenvalue weighted by Gasteiger charge is -2.15. The maximum atomic E-state index is 11.8. The number of carbonyl (C=O) groups is 1. The summed E-state index contributed by atoms with van der Waals surface area (Å²) in [5, 5.41) is 2.86. The van der Waals surface area contributed by atoms with E-state index in [1.807, 2.05) is 31.2 Å². The molecule has 0 bridgehead atoms. The maximum absolute atomic E-state index is 11.8. The molecule has 0 aliphatic heterocycles. The van der Waals surface area contributed by atoms with Crippen molar-refractivity contribution in [1.29, 1.82) is 0 Å². The highest BCUT2D eigenvalue weighted by Crippen LogP contribution is 2.25. The fourth-order valence-electron chi connectivity index (χ4n) is 2.22. The predicted octanol–water partition coefficient (Wildman–Crippen LogP) is 2.54. The Morgan fingerprint density at radius 1 is 1.47 bits per heavy atom. The van der Waals surface area contributed by atoms with E-state index in [0.29, 0.717) is 12.6 Å². The van der Waals surface area contributed by atoms with Gasteiger partial charge in [0.2, 0.25) is 5.91 Å². The van der Waals surface area contributed by atoms with Gasteiger partial charge in [-0.1, -0.05) is 13.0 Å². The number of benzene rings is 1. The van der Waals surface area contributed by atoms with Crippen molar-refractivity contribution in [2.24, 2.45) is 11.7 Å². The van der Waals surface area contributed by atoms with E-state index in [4.69, 9.17) is 10.5 Å². The average Bonchev–Trinajstić information content (AvgIpc) is 2.91. The Bertz CT molecular complexity index is 428. The average molecular weight is 262 g/mol. The van der Waals surface area contributed by atoms with Gasteiger partial charge in [0.05, 0.1) is 6.10 Å². The molecule has 1 aromatic carbocycles. The molecule has 0 spiro atoms. The van der Waals surface area contributed by atoms with E-state index >= 15 is 0 Å². The van der Waals surface area contributed by atoms with Crippen LogP contribution in [0.5, 0.6) is 5.75 Å². The molecule has 1 aliphatic carbocycles. The van der Waals surface area contributed by atoms with Crippen molar-refractivity contribution in [1.82, 2.24) is 0 Å². The molecule has 0 aromatic heterocycles. The summed E-state index contributed by atoms with van der Waals surface area (Å²) in [6, 6.07) is 7.56. The lowest BCUT2D eigenvalue weighted by molar-refractivity contribution is -0.119. The number of nitrogens with one attached hydrogen (secondary N) is 1. The van der Waals surface area contributed by atoms with Gasteiger partial charge in [-0.15, -0.1) is 0 Å². The molecule has 1 saturated carbocycles. The van der Waals surface area contributed by atoms with Crippen molar-refractivity contribution in [3.8, 4) is 5.75 Å². The summed E-state index contributed by atoms with van der Waals surface area (Å²) in [5.41, 5.74) is 6.24. The number of carbonyl (C=O) groups excluding carboxylic acids is 1. The van der Waals surface area contributed by atoms with Crippen molar-refractivity contribution in [3.05, 3.63) is 24.3 Å². The monoisotopic (exact) mass is 262 g/mol. The normalized spacial score (nSPS) is 17.2. The molecule has 1 unspecified atom stereocenters. The third kappa shape index (κ3) is 3.96. The van der Waals surface area contributed by atoms with Crippen molar-refractivity contribution < 1.29 is 9.53 Å². The van der Waals surface area contributed by atoms with Gasteiger partial charge in [0.15, 0.2) is 0 Å². The van der Waals surface area contributed by atoms with E-state index in [1.54, 1.807) is 0 Å². The zero-order chi connectivity index (χ0) is 13.7. The summed E-state index contributed by atoms with van der Waals surface area (Å²) < 4.78 is 5.91. The highest BCUT2D eigenvalue weighted by atomic mass is 16.5. The number of amides is 1. The van der Waals surface area contributed by atoms with Crippen LogP contribution >= 0.6 is 0 Å². The van der Waals surface area contributed by atoms with E-state index in [2.05, 4.69) is 5.32 Å². The zero-order valence-electron chi connectivity index (χ0n) is 11.4. The van der Waals surface area contributed by atoms with Crippen LogP contribution in [0.15, 0.2) is 24.3 Å².